The highest BCUT2D eigenvalue weighted by molar-refractivity contribution is 6.33. The molecule has 1 atom stereocenters. The number of nitrogens with one attached hydrogen (secondary N) is 1. The van der Waals surface area contributed by atoms with Crippen LogP contribution in [-0.4, -0.2) is 35.8 Å². The van der Waals surface area contributed by atoms with Crippen LogP contribution < -0.4 is 10.2 Å². The SMILES string of the molecule is CCCN(Cc1ccc(C(F)(F)F)cc1)c1ccc(NC(=O)[C@H]2CCCCN2C(=O)CC2CCC2)cc1Cl. The molecule has 4 rings (SSSR count). The molecule has 9 heteroatoms. The lowest BCUT2D eigenvalue weighted by Gasteiger charge is -2.36. The molecule has 1 N–H and O–H groups in total. The van der Waals surface area contributed by atoms with Crippen molar-refractivity contribution in [1.82, 2.24) is 4.90 Å². The van der Waals surface area contributed by atoms with Crippen molar-refractivity contribution in [2.45, 2.75) is 77.1 Å². The molecule has 38 heavy (non-hydrogen) atoms. The number of piperidine rings is 1. The van der Waals surface area contributed by atoms with Gasteiger partial charge >= 0.3 is 6.18 Å². The van der Waals surface area contributed by atoms with Crippen LogP contribution in [0, 0.1) is 5.92 Å². The molecule has 0 aromatic heterocycles. The van der Waals surface area contributed by atoms with E-state index in [9.17, 15) is 22.8 Å². The number of likely N-dealkylation sites (tertiary alicyclic amines) is 1. The first-order valence-corrected chi connectivity index (χ1v) is 13.8. The normalized spacial score (nSPS) is 18.1. The fourth-order valence-corrected chi connectivity index (χ4v) is 5.50. The molecule has 2 aromatic carbocycles. The molecule has 2 aromatic rings. The number of hydrogen-bond donors (Lipinski definition) is 1. The Labute approximate surface area is 227 Å². The van der Waals surface area contributed by atoms with Gasteiger partial charge in [-0.1, -0.05) is 37.1 Å². The molecule has 1 saturated heterocycles. The molecule has 1 aliphatic heterocycles. The third-order valence-corrected chi connectivity index (χ3v) is 7.82. The third kappa shape index (κ3) is 7.01. The molecular formula is C29H35ClF3N3O2. The fraction of sp³-hybridized carbons (Fsp3) is 0.517. The average Bonchev–Trinajstić information content (AvgIpc) is 2.86. The number of carbonyl (C=O) groups is 2. The number of carbonyl (C=O) groups excluding carboxylic acids is 2. The van der Waals surface area contributed by atoms with Gasteiger partial charge in [-0.2, -0.15) is 13.2 Å². The average molecular weight is 550 g/mol. The number of halogens is 4. The molecule has 2 fully saturated rings. The molecule has 5 nitrogen and oxygen atoms in total. The van der Waals surface area contributed by atoms with E-state index in [1.54, 1.807) is 17.0 Å². The van der Waals surface area contributed by atoms with Crippen LogP contribution in [0.4, 0.5) is 24.5 Å². The number of hydrogen-bond acceptors (Lipinski definition) is 3. The van der Waals surface area contributed by atoms with E-state index in [0.717, 1.165) is 55.5 Å². The number of nitrogens with zero attached hydrogens (tertiary/aromatic N) is 2. The summed E-state index contributed by atoms with van der Waals surface area (Å²) in [5, 5.41) is 3.38. The van der Waals surface area contributed by atoms with Gasteiger partial charge in [0.05, 0.1) is 16.3 Å². The Kier molecular flexibility index (Phi) is 9.23. The molecule has 2 amide bonds. The maximum absolute atomic E-state index is 13.2. The molecule has 0 bridgehead atoms. The molecule has 2 aliphatic rings. The summed E-state index contributed by atoms with van der Waals surface area (Å²) in [5.74, 6) is 0.320. The highest BCUT2D eigenvalue weighted by atomic mass is 35.5. The molecule has 206 valence electrons. The Morgan fingerprint density at radius 1 is 1.05 bits per heavy atom. The molecule has 0 unspecified atom stereocenters. The first kappa shape index (κ1) is 28.3. The van der Waals surface area contributed by atoms with Crippen LogP contribution in [0.15, 0.2) is 42.5 Å². The van der Waals surface area contributed by atoms with Crippen molar-refractivity contribution in [3.05, 3.63) is 58.6 Å². The van der Waals surface area contributed by atoms with E-state index in [4.69, 9.17) is 11.6 Å². The lowest BCUT2D eigenvalue weighted by atomic mass is 9.82. The summed E-state index contributed by atoms with van der Waals surface area (Å²) in [6.07, 6.45) is 2.80. The Balaban J connectivity index is 1.43. The Hall–Kier alpha value is -2.74. The maximum atomic E-state index is 13.2. The van der Waals surface area contributed by atoms with Crippen LogP contribution in [-0.2, 0) is 22.3 Å². The van der Waals surface area contributed by atoms with E-state index in [1.165, 1.54) is 18.6 Å². The van der Waals surface area contributed by atoms with Gasteiger partial charge < -0.3 is 15.1 Å². The predicted octanol–water partition coefficient (Wildman–Crippen LogP) is 7.29. The standard InChI is InChI=1S/C29H35ClF3N3O2/c1-2-15-35(19-21-9-11-22(12-10-21)29(31,32)33)25-14-13-23(18-24(25)30)34-28(38)26-8-3-4-16-36(26)27(37)17-20-6-5-7-20/h9-14,18,20,26H,2-8,15-17,19H2,1H3,(H,34,38)/t26-/m1/s1. The smallest absolute Gasteiger partial charge is 0.366 e. The van der Waals surface area contributed by atoms with Crippen molar-refractivity contribution in [3.8, 4) is 0 Å². The summed E-state index contributed by atoms with van der Waals surface area (Å²) in [6, 6.07) is 9.94. The van der Waals surface area contributed by atoms with Gasteiger partial charge in [0.15, 0.2) is 0 Å². The molecule has 1 saturated carbocycles. The lowest BCUT2D eigenvalue weighted by molar-refractivity contribution is -0.141. The zero-order valence-corrected chi connectivity index (χ0v) is 22.5. The van der Waals surface area contributed by atoms with Gasteiger partial charge in [0.25, 0.3) is 0 Å². The summed E-state index contributed by atoms with van der Waals surface area (Å²) in [5.41, 5.74) is 1.35. The second-order valence-corrected chi connectivity index (χ2v) is 10.8. The monoisotopic (exact) mass is 549 g/mol. The van der Waals surface area contributed by atoms with E-state index in [1.807, 2.05) is 17.9 Å². The number of anilines is 2. The van der Waals surface area contributed by atoms with Crippen molar-refractivity contribution in [1.29, 1.82) is 0 Å². The first-order chi connectivity index (χ1) is 18.2. The maximum Gasteiger partial charge on any atom is 0.416 e. The summed E-state index contributed by atoms with van der Waals surface area (Å²) in [7, 11) is 0. The van der Waals surface area contributed by atoms with E-state index in [0.29, 0.717) is 49.1 Å². The Morgan fingerprint density at radius 2 is 1.79 bits per heavy atom. The second-order valence-electron chi connectivity index (χ2n) is 10.4. The lowest BCUT2D eigenvalue weighted by Crippen LogP contribution is -2.50. The van der Waals surface area contributed by atoms with Crippen LogP contribution in [0.1, 0.15) is 69.4 Å². The van der Waals surface area contributed by atoms with Crippen LogP contribution in [0.25, 0.3) is 0 Å². The highest BCUT2D eigenvalue weighted by Crippen LogP contribution is 2.33. The highest BCUT2D eigenvalue weighted by Gasteiger charge is 2.34. The zero-order chi connectivity index (χ0) is 27.3. The third-order valence-electron chi connectivity index (χ3n) is 7.52. The second kappa shape index (κ2) is 12.4. The molecular weight excluding hydrogens is 515 g/mol. The van der Waals surface area contributed by atoms with E-state index in [-0.39, 0.29) is 11.8 Å². The number of amides is 2. The summed E-state index contributed by atoms with van der Waals surface area (Å²) < 4.78 is 38.8. The predicted molar refractivity (Wildman–Crippen MR) is 144 cm³/mol. The van der Waals surface area contributed by atoms with E-state index in [2.05, 4.69) is 5.32 Å². The van der Waals surface area contributed by atoms with Crippen molar-refractivity contribution in [2.75, 3.05) is 23.3 Å². The van der Waals surface area contributed by atoms with Gasteiger partial charge in [-0.15, -0.1) is 0 Å². The number of rotatable bonds is 9. The van der Waals surface area contributed by atoms with E-state index < -0.39 is 17.8 Å². The van der Waals surface area contributed by atoms with Crippen LogP contribution in [0.5, 0.6) is 0 Å². The van der Waals surface area contributed by atoms with Crippen LogP contribution >= 0.6 is 11.6 Å². The van der Waals surface area contributed by atoms with Crippen LogP contribution in [0.2, 0.25) is 5.02 Å². The summed E-state index contributed by atoms with van der Waals surface area (Å²) >= 11 is 6.63. The largest absolute Gasteiger partial charge is 0.416 e. The van der Waals surface area contributed by atoms with Crippen molar-refractivity contribution in [3.63, 3.8) is 0 Å². The summed E-state index contributed by atoms with van der Waals surface area (Å²) in [6.45, 7) is 3.69. The number of benzene rings is 2. The fourth-order valence-electron chi connectivity index (χ4n) is 5.20. The van der Waals surface area contributed by atoms with Gasteiger partial charge in [-0.3, -0.25) is 9.59 Å². The molecule has 0 spiro atoms. The quantitative estimate of drug-likeness (QED) is 0.357. The van der Waals surface area contributed by atoms with E-state index >= 15 is 0 Å². The van der Waals surface area contributed by atoms with Gasteiger partial charge in [0.1, 0.15) is 6.04 Å². The first-order valence-electron chi connectivity index (χ1n) is 13.5. The van der Waals surface area contributed by atoms with Crippen molar-refractivity contribution in [2.24, 2.45) is 5.92 Å². The molecule has 1 aliphatic carbocycles. The van der Waals surface area contributed by atoms with Crippen LogP contribution in [0.3, 0.4) is 0 Å². The Morgan fingerprint density at radius 3 is 2.39 bits per heavy atom. The van der Waals surface area contributed by atoms with Gasteiger partial charge in [0, 0.05) is 31.7 Å². The Bertz CT molecular complexity index is 1120. The molecule has 0 radical (unpaired) electrons. The topological polar surface area (TPSA) is 52.7 Å². The summed E-state index contributed by atoms with van der Waals surface area (Å²) in [4.78, 5) is 29.8. The molecule has 1 heterocycles. The minimum absolute atomic E-state index is 0.0707. The minimum Gasteiger partial charge on any atom is -0.366 e. The van der Waals surface area contributed by atoms with Gasteiger partial charge in [0.2, 0.25) is 11.8 Å². The minimum atomic E-state index is -4.37. The number of alkyl halides is 3. The van der Waals surface area contributed by atoms with Crippen molar-refractivity contribution < 1.29 is 22.8 Å². The van der Waals surface area contributed by atoms with Gasteiger partial charge in [-0.05, 0) is 80.3 Å². The van der Waals surface area contributed by atoms with Crippen molar-refractivity contribution >= 4 is 34.8 Å². The van der Waals surface area contributed by atoms with Gasteiger partial charge in [-0.25, -0.2) is 0 Å². The zero-order valence-electron chi connectivity index (χ0n) is 21.7.